The fraction of sp³-hybridized carbons (Fsp3) is 0.300. The van der Waals surface area contributed by atoms with Crippen LogP contribution in [0.1, 0.15) is 43.5 Å². The second-order valence-electron chi connectivity index (χ2n) is 8.76. The van der Waals surface area contributed by atoms with E-state index in [1.54, 1.807) is 0 Å². The SMILES string of the molecule is CCCCn1c(-c2ccccc2)nc(-c2ccccc2)c1CN(CC)Cc1cccc(C)c1. The summed E-state index contributed by atoms with van der Waals surface area (Å²) in [6.07, 6.45) is 2.30. The molecule has 33 heavy (non-hydrogen) atoms. The number of hydrogen-bond acceptors (Lipinski definition) is 2. The Morgan fingerprint density at radius 1 is 0.788 bits per heavy atom. The zero-order valence-electron chi connectivity index (χ0n) is 20.2. The summed E-state index contributed by atoms with van der Waals surface area (Å²) in [5.41, 5.74) is 7.45. The molecular weight excluding hydrogens is 402 g/mol. The van der Waals surface area contributed by atoms with Gasteiger partial charge in [-0.25, -0.2) is 4.98 Å². The Kier molecular flexibility index (Phi) is 7.74. The molecule has 0 atom stereocenters. The quantitative estimate of drug-likeness (QED) is 0.259. The van der Waals surface area contributed by atoms with E-state index in [0.29, 0.717) is 0 Å². The smallest absolute Gasteiger partial charge is 0.140 e. The fourth-order valence-electron chi connectivity index (χ4n) is 4.40. The van der Waals surface area contributed by atoms with Crippen molar-refractivity contribution >= 4 is 0 Å². The molecule has 0 fully saturated rings. The van der Waals surface area contributed by atoms with Gasteiger partial charge in [-0.05, 0) is 25.5 Å². The molecule has 1 aromatic heterocycles. The molecule has 4 rings (SSSR count). The van der Waals surface area contributed by atoms with Gasteiger partial charge >= 0.3 is 0 Å². The molecular formula is C30H35N3. The van der Waals surface area contributed by atoms with Crippen molar-refractivity contribution in [2.75, 3.05) is 6.54 Å². The van der Waals surface area contributed by atoms with Gasteiger partial charge < -0.3 is 4.57 Å². The number of hydrogen-bond donors (Lipinski definition) is 0. The zero-order valence-corrected chi connectivity index (χ0v) is 20.2. The Labute approximate surface area is 198 Å². The van der Waals surface area contributed by atoms with Crippen LogP contribution in [0.15, 0.2) is 84.9 Å². The number of benzene rings is 3. The second kappa shape index (κ2) is 11.1. The molecule has 3 nitrogen and oxygen atoms in total. The van der Waals surface area contributed by atoms with Gasteiger partial charge in [-0.15, -0.1) is 0 Å². The summed E-state index contributed by atoms with van der Waals surface area (Å²) in [4.78, 5) is 7.77. The van der Waals surface area contributed by atoms with E-state index >= 15 is 0 Å². The standard InChI is InChI=1S/C30H35N3/c1-4-6-20-33-28(23-32(5-2)22-25-15-13-14-24(3)21-25)29(26-16-9-7-10-17-26)31-30(33)27-18-11-8-12-19-27/h7-19,21H,4-6,20,22-23H2,1-3H3. The zero-order chi connectivity index (χ0) is 23.0. The van der Waals surface area contributed by atoms with Crippen molar-refractivity contribution in [3.63, 3.8) is 0 Å². The maximum atomic E-state index is 5.25. The van der Waals surface area contributed by atoms with Crippen molar-refractivity contribution in [1.82, 2.24) is 14.5 Å². The Bertz CT molecular complexity index is 1150. The van der Waals surface area contributed by atoms with Crippen LogP contribution < -0.4 is 0 Å². The van der Waals surface area contributed by atoms with Gasteiger partial charge in [0, 0.05) is 30.8 Å². The van der Waals surface area contributed by atoms with E-state index in [9.17, 15) is 0 Å². The van der Waals surface area contributed by atoms with Crippen molar-refractivity contribution in [3.05, 3.63) is 102 Å². The van der Waals surface area contributed by atoms with Crippen LogP contribution in [-0.4, -0.2) is 21.0 Å². The van der Waals surface area contributed by atoms with E-state index in [-0.39, 0.29) is 0 Å². The van der Waals surface area contributed by atoms with Gasteiger partial charge in [0.25, 0.3) is 0 Å². The highest BCUT2D eigenvalue weighted by molar-refractivity contribution is 5.68. The second-order valence-corrected chi connectivity index (χ2v) is 8.76. The van der Waals surface area contributed by atoms with Gasteiger partial charge in [0.2, 0.25) is 0 Å². The summed E-state index contributed by atoms with van der Waals surface area (Å²) >= 11 is 0. The Morgan fingerprint density at radius 2 is 1.48 bits per heavy atom. The lowest BCUT2D eigenvalue weighted by Gasteiger charge is -2.23. The minimum Gasteiger partial charge on any atom is -0.326 e. The molecule has 4 aromatic rings. The van der Waals surface area contributed by atoms with E-state index in [0.717, 1.165) is 50.5 Å². The van der Waals surface area contributed by atoms with Gasteiger partial charge in [0.05, 0.1) is 11.4 Å². The first-order chi connectivity index (χ1) is 16.2. The van der Waals surface area contributed by atoms with E-state index in [1.165, 1.54) is 27.9 Å². The minimum atomic E-state index is 0.873. The lowest BCUT2D eigenvalue weighted by atomic mass is 10.1. The van der Waals surface area contributed by atoms with Gasteiger partial charge in [-0.1, -0.05) is 111 Å². The summed E-state index contributed by atoms with van der Waals surface area (Å²) in [7, 11) is 0. The molecule has 0 spiro atoms. The van der Waals surface area contributed by atoms with Crippen LogP contribution in [0.3, 0.4) is 0 Å². The van der Waals surface area contributed by atoms with Crippen LogP contribution in [0.25, 0.3) is 22.6 Å². The number of rotatable bonds is 10. The molecule has 0 unspecified atom stereocenters. The maximum absolute atomic E-state index is 5.25. The lowest BCUT2D eigenvalue weighted by molar-refractivity contribution is 0.264. The largest absolute Gasteiger partial charge is 0.326 e. The third kappa shape index (κ3) is 5.61. The average molecular weight is 438 g/mol. The first kappa shape index (κ1) is 23.0. The summed E-state index contributed by atoms with van der Waals surface area (Å²) < 4.78 is 2.47. The first-order valence-electron chi connectivity index (χ1n) is 12.2. The molecule has 0 N–H and O–H groups in total. The Balaban J connectivity index is 1.78. The van der Waals surface area contributed by atoms with Crippen molar-refractivity contribution in [2.24, 2.45) is 0 Å². The maximum Gasteiger partial charge on any atom is 0.140 e. The van der Waals surface area contributed by atoms with Crippen LogP contribution in [0.5, 0.6) is 0 Å². The summed E-state index contributed by atoms with van der Waals surface area (Å²) in [5, 5.41) is 0. The fourth-order valence-corrected chi connectivity index (χ4v) is 4.40. The predicted molar refractivity (Wildman–Crippen MR) is 139 cm³/mol. The van der Waals surface area contributed by atoms with Crippen LogP contribution >= 0.6 is 0 Å². The summed E-state index contributed by atoms with van der Waals surface area (Å²) in [5.74, 6) is 1.07. The number of aromatic nitrogens is 2. The normalized spacial score (nSPS) is 11.3. The molecule has 1 heterocycles. The highest BCUT2D eigenvalue weighted by atomic mass is 15.2. The van der Waals surface area contributed by atoms with Crippen LogP contribution in [-0.2, 0) is 19.6 Å². The van der Waals surface area contributed by atoms with E-state index in [1.807, 2.05) is 0 Å². The Morgan fingerprint density at radius 3 is 2.12 bits per heavy atom. The van der Waals surface area contributed by atoms with E-state index < -0.39 is 0 Å². The number of unbranched alkanes of at least 4 members (excludes halogenated alkanes) is 1. The highest BCUT2D eigenvalue weighted by Crippen LogP contribution is 2.31. The van der Waals surface area contributed by atoms with Crippen LogP contribution in [0.2, 0.25) is 0 Å². The van der Waals surface area contributed by atoms with Crippen LogP contribution in [0, 0.1) is 6.92 Å². The molecule has 3 aromatic carbocycles. The number of aryl methyl sites for hydroxylation is 1. The van der Waals surface area contributed by atoms with Crippen molar-refractivity contribution in [1.29, 1.82) is 0 Å². The molecule has 0 amide bonds. The topological polar surface area (TPSA) is 21.1 Å². The lowest BCUT2D eigenvalue weighted by Crippen LogP contribution is -2.24. The molecule has 0 aliphatic carbocycles. The summed E-state index contributed by atoms with van der Waals surface area (Å²) in [6.45, 7) is 10.5. The molecule has 0 saturated carbocycles. The van der Waals surface area contributed by atoms with E-state index in [4.69, 9.17) is 4.98 Å². The molecule has 0 radical (unpaired) electrons. The third-order valence-corrected chi connectivity index (χ3v) is 6.20. The van der Waals surface area contributed by atoms with Crippen molar-refractivity contribution < 1.29 is 0 Å². The third-order valence-electron chi connectivity index (χ3n) is 6.20. The van der Waals surface area contributed by atoms with Crippen molar-refractivity contribution in [3.8, 4) is 22.6 Å². The minimum absolute atomic E-state index is 0.873. The first-order valence-corrected chi connectivity index (χ1v) is 12.2. The monoisotopic (exact) mass is 437 g/mol. The van der Waals surface area contributed by atoms with Gasteiger partial charge in [-0.2, -0.15) is 0 Å². The number of imidazole rings is 1. The molecule has 0 saturated heterocycles. The molecule has 0 aliphatic heterocycles. The van der Waals surface area contributed by atoms with Gasteiger partial charge in [0.15, 0.2) is 0 Å². The van der Waals surface area contributed by atoms with Gasteiger partial charge in [0.1, 0.15) is 5.82 Å². The van der Waals surface area contributed by atoms with Gasteiger partial charge in [-0.3, -0.25) is 4.90 Å². The van der Waals surface area contributed by atoms with Crippen molar-refractivity contribution in [2.45, 2.75) is 53.2 Å². The molecule has 0 aliphatic rings. The summed E-state index contributed by atoms with van der Waals surface area (Å²) in [6, 6.07) is 30.1. The number of nitrogens with zero attached hydrogens (tertiary/aromatic N) is 3. The predicted octanol–water partition coefficient (Wildman–Crippen LogP) is 7.35. The van der Waals surface area contributed by atoms with E-state index in [2.05, 4.69) is 115 Å². The molecule has 170 valence electrons. The van der Waals surface area contributed by atoms with Crippen LogP contribution in [0.4, 0.5) is 0 Å². The molecule has 0 bridgehead atoms. The average Bonchev–Trinajstić information content (AvgIpc) is 3.21. The Hall–Kier alpha value is -3.17. The highest BCUT2D eigenvalue weighted by Gasteiger charge is 2.21. The molecule has 3 heteroatoms.